The third-order valence-electron chi connectivity index (χ3n) is 3.04. The molecule has 1 aromatic heterocycles. The van der Waals surface area contributed by atoms with E-state index in [4.69, 9.17) is 5.73 Å². The normalized spacial score (nSPS) is 10.9. The highest BCUT2D eigenvalue weighted by Gasteiger charge is 2.09. The van der Waals surface area contributed by atoms with E-state index in [-0.39, 0.29) is 5.82 Å². The molecule has 0 saturated carbocycles. The summed E-state index contributed by atoms with van der Waals surface area (Å²) in [4.78, 5) is 6.31. The van der Waals surface area contributed by atoms with Gasteiger partial charge in [-0.05, 0) is 29.8 Å². The number of nitrogens with zero attached hydrogens (tertiary/aromatic N) is 1. The highest BCUT2D eigenvalue weighted by Crippen LogP contribution is 2.35. The van der Waals surface area contributed by atoms with Crippen LogP contribution in [0.1, 0.15) is 5.56 Å². The van der Waals surface area contributed by atoms with E-state index in [1.807, 2.05) is 30.3 Å². The monoisotopic (exact) mass is 284 g/mol. The second kappa shape index (κ2) is 5.61. The van der Waals surface area contributed by atoms with Crippen LogP contribution in [0.2, 0.25) is 0 Å². The van der Waals surface area contributed by atoms with Gasteiger partial charge >= 0.3 is 0 Å². The van der Waals surface area contributed by atoms with E-state index in [9.17, 15) is 4.39 Å². The van der Waals surface area contributed by atoms with E-state index in [2.05, 4.69) is 4.98 Å². The molecule has 0 aliphatic carbocycles. The molecule has 0 saturated heterocycles. The van der Waals surface area contributed by atoms with Crippen molar-refractivity contribution in [1.29, 1.82) is 0 Å². The van der Waals surface area contributed by atoms with Gasteiger partial charge in [0.1, 0.15) is 5.82 Å². The molecule has 0 amide bonds. The van der Waals surface area contributed by atoms with Gasteiger partial charge in [0.2, 0.25) is 0 Å². The summed E-state index contributed by atoms with van der Waals surface area (Å²) in [7, 11) is 0. The van der Waals surface area contributed by atoms with Gasteiger partial charge in [0.15, 0.2) is 0 Å². The minimum absolute atomic E-state index is 0.234. The predicted molar refractivity (Wildman–Crippen MR) is 80.2 cm³/mol. The Morgan fingerprint density at radius 3 is 2.75 bits per heavy atom. The molecule has 3 aromatic rings. The fourth-order valence-electron chi connectivity index (χ4n) is 2.07. The van der Waals surface area contributed by atoms with Crippen molar-refractivity contribution < 1.29 is 4.39 Å². The fourth-order valence-corrected chi connectivity index (χ4v) is 3.18. The van der Waals surface area contributed by atoms with Gasteiger partial charge in [-0.2, -0.15) is 0 Å². The van der Waals surface area contributed by atoms with Crippen molar-refractivity contribution in [2.75, 3.05) is 0 Å². The zero-order valence-corrected chi connectivity index (χ0v) is 11.5. The van der Waals surface area contributed by atoms with E-state index >= 15 is 0 Å². The van der Waals surface area contributed by atoms with Crippen molar-refractivity contribution in [3.63, 3.8) is 0 Å². The number of hydrogen-bond acceptors (Lipinski definition) is 3. The van der Waals surface area contributed by atoms with Crippen molar-refractivity contribution in [1.82, 2.24) is 4.98 Å². The molecule has 0 radical (unpaired) electrons. The highest BCUT2D eigenvalue weighted by molar-refractivity contribution is 7.99. The first-order valence-electron chi connectivity index (χ1n) is 6.28. The van der Waals surface area contributed by atoms with Gasteiger partial charge in [-0.25, -0.2) is 4.39 Å². The maximum absolute atomic E-state index is 13.3. The Labute approximate surface area is 120 Å². The summed E-state index contributed by atoms with van der Waals surface area (Å²) in [6.07, 6.45) is 1.80. The molecule has 0 atom stereocenters. The molecule has 0 aliphatic heterocycles. The van der Waals surface area contributed by atoms with Crippen LogP contribution in [0, 0.1) is 5.82 Å². The number of fused-ring (bicyclic) bond motifs is 1. The molecule has 100 valence electrons. The van der Waals surface area contributed by atoms with Gasteiger partial charge in [0.25, 0.3) is 0 Å². The average Bonchev–Trinajstić information content (AvgIpc) is 2.48. The number of nitrogens with two attached hydrogens (primary N) is 1. The summed E-state index contributed by atoms with van der Waals surface area (Å²) < 4.78 is 13.3. The van der Waals surface area contributed by atoms with Crippen molar-refractivity contribution in [3.05, 3.63) is 66.1 Å². The molecular formula is C16H13FN2S. The summed E-state index contributed by atoms with van der Waals surface area (Å²) in [6.45, 7) is 0.412. The Hall–Kier alpha value is -1.91. The average molecular weight is 284 g/mol. The third-order valence-corrected chi connectivity index (χ3v) is 4.21. The van der Waals surface area contributed by atoms with E-state index < -0.39 is 0 Å². The quantitative estimate of drug-likeness (QED) is 0.790. The molecule has 0 aliphatic rings. The molecule has 4 heteroatoms. The van der Waals surface area contributed by atoms with Crippen LogP contribution in [0.4, 0.5) is 4.39 Å². The lowest BCUT2D eigenvalue weighted by atomic mass is 10.1. The Balaban J connectivity index is 2.13. The molecule has 0 unspecified atom stereocenters. The van der Waals surface area contributed by atoms with Crippen LogP contribution in [-0.4, -0.2) is 4.98 Å². The lowest BCUT2D eigenvalue weighted by Gasteiger charge is -2.10. The van der Waals surface area contributed by atoms with Gasteiger partial charge < -0.3 is 5.73 Å². The number of halogens is 1. The molecule has 2 nitrogen and oxygen atoms in total. The van der Waals surface area contributed by atoms with Crippen molar-refractivity contribution in [3.8, 4) is 0 Å². The number of benzene rings is 2. The number of hydrogen-bond donors (Lipinski definition) is 1. The first-order chi connectivity index (χ1) is 9.78. The highest BCUT2D eigenvalue weighted by atomic mass is 32.2. The summed E-state index contributed by atoms with van der Waals surface area (Å²) in [5.41, 5.74) is 7.69. The Kier molecular flexibility index (Phi) is 3.67. The smallest absolute Gasteiger partial charge is 0.124 e. The van der Waals surface area contributed by atoms with Crippen molar-refractivity contribution >= 4 is 22.7 Å². The van der Waals surface area contributed by atoms with Crippen LogP contribution in [-0.2, 0) is 6.54 Å². The summed E-state index contributed by atoms with van der Waals surface area (Å²) >= 11 is 1.52. The summed E-state index contributed by atoms with van der Waals surface area (Å²) in [5.74, 6) is -0.234. The minimum Gasteiger partial charge on any atom is -0.326 e. The first kappa shape index (κ1) is 13.1. The number of pyridine rings is 1. The lowest BCUT2D eigenvalue weighted by Crippen LogP contribution is -2.00. The molecule has 0 spiro atoms. The Morgan fingerprint density at radius 1 is 1.10 bits per heavy atom. The fraction of sp³-hybridized carbons (Fsp3) is 0.0625. The maximum atomic E-state index is 13.3. The van der Waals surface area contributed by atoms with Crippen LogP contribution in [0.3, 0.4) is 0 Å². The van der Waals surface area contributed by atoms with Gasteiger partial charge in [-0.15, -0.1) is 0 Å². The molecule has 0 fully saturated rings. The SMILES string of the molecule is NCc1cnc2ccccc2c1Sc1cccc(F)c1. The summed E-state index contributed by atoms with van der Waals surface area (Å²) in [6, 6.07) is 14.5. The number of rotatable bonds is 3. The zero-order valence-electron chi connectivity index (χ0n) is 10.7. The third kappa shape index (κ3) is 2.53. The van der Waals surface area contributed by atoms with Crippen LogP contribution >= 0.6 is 11.8 Å². The van der Waals surface area contributed by atoms with Crippen LogP contribution in [0.5, 0.6) is 0 Å². The molecule has 3 rings (SSSR count). The molecule has 2 N–H and O–H groups in total. The van der Waals surface area contributed by atoms with E-state index in [0.717, 1.165) is 26.3 Å². The Bertz CT molecular complexity index is 758. The van der Waals surface area contributed by atoms with E-state index in [1.54, 1.807) is 12.3 Å². The predicted octanol–water partition coefficient (Wildman–Crippen LogP) is 3.98. The van der Waals surface area contributed by atoms with E-state index in [1.165, 1.54) is 23.9 Å². The molecule has 0 bridgehead atoms. The zero-order chi connectivity index (χ0) is 13.9. The number of aromatic nitrogens is 1. The molecule has 20 heavy (non-hydrogen) atoms. The summed E-state index contributed by atoms with van der Waals surface area (Å²) in [5, 5.41) is 1.05. The van der Waals surface area contributed by atoms with Crippen molar-refractivity contribution in [2.24, 2.45) is 5.73 Å². The largest absolute Gasteiger partial charge is 0.326 e. The molecule has 1 heterocycles. The maximum Gasteiger partial charge on any atom is 0.124 e. The molecular weight excluding hydrogens is 271 g/mol. The van der Waals surface area contributed by atoms with Gasteiger partial charge in [0.05, 0.1) is 5.52 Å². The van der Waals surface area contributed by atoms with E-state index in [0.29, 0.717) is 6.54 Å². The van der Waals surface area contributed by atoms with Crippen LogP contribution in [0.25, 0.3) is 10.9 Å². The standard InChI is InChI=1S/C16H13FN2S/c17-12-4-3-5-13(8-12)20-16-11(9-18)10-19-15-7-2-1-6-14(15)16/h1-8,10H,9,18H2. The van der Waals surface area contributed by atoms with Crippen molar-refractivity contribution in [2.45, 2.75) is 16.3 Å². The van der Waals surface area contributed by atoms with Crippen LogP contribution < -0.4 is 5.73 Å². The Morgan fingerprint density at radius 2 is 1.95 bits per heavy atom. The number of para-hydroxylation sites is 1. The van der Waals surface area contributed by atoms with Gasteiger partial charge in [0, 0.05) is 27.9 Å². The lowest BCUT2D eigenvalue weighted by molar-refractivity contribution is 0.624. The second-order valence-corrected chi connectivity index (χ2v) is 5.48. The topological polar surface area (TPSA) is 38.9 Å². The van der Waals surface area contributed by atoms with Gasteiger partial charge in [-0.1, -0.05) is 36.0 Å². The first-order valence-corrected chi connectivity index (χ1v) is 7.09. The van der Waals surface area contributed by atoms with Gasteiger partial charge in [-0.3, -0.25) is 4.98 Å². The van der Waals surface area contributed by atoms with Crippen LogP contribution in [0.15, 0.2) is 64.5 Å². The second-order valence-electron chi connectivity index (χ2n) is 4.39. The minimum atomic E-state index is -0.234. The molecule has 2 aromatic carbocycles.